The smallest absolute Gasteiger partial charge is 0.305 e. The summed E-state index contributed by atoms with van der Waals surface area (Å²) in [6, 6.07) is 0.319. The molecular weight excluding hydrogens is 170 g/mol. The Balaban J connectivity index is 2.05. The molecule has 0 spiro atoms. The molecule has 0 aromatic heterocycles. The Morgan fingerprint density at radius 2 is 2.00 bits per heavy atom. The lowest BCUT2D eigenvalue weighted by atomic mass is 9.94. The van der Waals surface area contributed by atoms with E-state index in [1.807, 2.05) is 0 Å². The molecule has 0 aromatic rings. The predicted octanol–water partition coefficient (Wildman–Crippen LogP) is 0.748. The Hall–Kier alpha value is -0.610. The summed E-state index contributed by atoms with van der Waals surface area (Å²) in [4.78, 5) is 10.2. The highest BCUT2D eigenvalue weighted by molar-refractivity contribution is 5.66. The average Bonchev–Trinajstić information content (AvgIpc) is 2.08. The number of hydrogen-bond donors (Lipinski definition) is 2. The van der Waals surface area contributed by atoms with Crippen LogP contribution in [0.4, 0.5) is 0 Å². The van der Waals surface area contributed by atoms with Gasteiger partial charge in [0.2, 0.25) is 0 Å². The van der Waals surface area contributed by atoms with Gasteiger partial charge in [-0.1, -0.05) is 0 Å². The fraction of sp³-hybridized carbons (Fsp3) is 0.889. The largest absolute Gasteiger partial charge is 0.481 e. The molecule has 3 N–H and O–H groups in total. The molecule has 4 nitrogen and oxygen atoms in total. The maximum Gasteiger partial charge on any atom is 0.305 e. The Labute approximate surface area is 78.1 Å². The van der Waals surface area contributed by atoms with Gasteiger partial charge in [-0.3, -0.25) is 4.79 Å². The molecule has 0 heterocycles. The molecule has 0 unspecified atom stereocenters. The van der Waals surface area contributed by atoms with Crippen LogP contribution in [0.25, 0.3) is 0 Å². The summed E-state index contributed by atoms with van der Waals surface area (Å²) in [5.74, 6) is -0.799. The zero-order chi connectivity index (χ0) is 9.68. The van der Waals surface area contributed by atoms with Gasteiger partial charge in [-0.15, -0.1) is 0 Å². The molecule has 13 heavy (non-hydrogen) atoms. The molecule has 1 fully saturated rings. The van der Waals surface area contributed by atoms with Gasteiger partial charge in [-0.25, -0.2) is 0 Å². The number of ether oxygens (including phenoxy) is 1. The molecule has 76 valence electrons. The van der Waals surface area contributed by atoms with Gasteiger partial charge in [0.05, 0.1) is 19.1 Å². The van der Waals surface area contributed by atoms with Gasteiger partial charge in [-0.2, -0.15) is 0 Å². The van der Waals surface area contributed by atoms with E-state index in [-0.39, 0.29) is 12.5 Å². The number of hydrogen-bond acceptors (Lipinski definition) is 3. The minimum atomic E-state index is -0.799. The minimum Gasteiger partial charge on any atom is -0.481 e. The zero-order valence-electron chi connectivity index (χ0n) is 7.74. The third-order valence-corrected chi connectivity index (χ3v) is 2.39. The molecule has 1 saturated carbocycles. The maximum absolute atomic E-state index is 10.2. The van der Waals surface area contributed by atoms with E-state index >= 15 is 0 Å². The molecule has 0 radical (unpaired) electrons. The molecule has 4 heteroatoms. The highest BCUT2D eigenvalue weighted by Crippen LogP contribution is 2.19. The van der Waals surface area contributed by atoms with E-state index in [9.17, 15) is 4.79 Å². The van der Waals surface area contributed by atoms with E-state index in [4.69, 9.17) is 15.6 Å². The molecule has 1 aliphatic rings. The lowest BCUT2D eigenvalue weighted by Gasteiger charge is -2.25. The first-order valence-electron chi connectivity index (χ1n) is 4.77. The van der Waals surface area contributed by atoms with Gasteiger partial charge in [0.15, 0.2) is 0 Å². The summed E-state index contributed by atoms with van der Waals surface area (Å²) in [5.41, 5.74) is 5.72. The second kappa shape index (κ2) is 5.19. The third kappa shape index (κ3) is 4.24. The first kappa shape index (κ1) is 10.5. The van der Waals surface area contributed by atoms with Crippen molar-refractivity contribution in [2.75, 3.05) is 6.61 Å². The fourth-order valence-corrected chi connectivity index (χ4v) is 1.57. The second-order valence-corrected chi connectivity index (χ2v) is 3.55. The van der Waals surface area contributed by atoms with E-state index in [0.29, 0.717) is 12.6 Å². The van der Waals surface area contributed by atoms with Crippen LogP contribution < -0.4 is 5.73 Å². The van der Waals surface area contributed by atoms with Crippen molar-refractivity contribution in [1.82, 2.24) is 0 Å². The van der Waals surface area contributed by atoms with E-state index in [2.05, 4.69) is 0 Å². The van der Waals surface area contributed by atoms with Crippen molar-refractivity contribution in [2.45, 2.75) is 44.2 Å². The van der Waals surface area contributed by atoms with Crippen LogP contribution >= 0.6 is 0 Å². The molecule has 0 saturated heterocycles. The lowest BCUT2D eigenvalue weighted by Crippen LogP contribution is -2.30. The second-order valence-electron chi connectivity index (χ2n) is 3.55. The molecule has 1 rings (SSSR count). The van der Waals surface area contributed by atoms with Crippen LogP contribution in [0.5, 0.6) is 0 Å². The van der Waals surface area contributed by atoms with Crippen molar-refractivity contribution in [3.05, 3.63) is 0 Å². The SMILES string of the molecule is NC1CCC(OCCC(=O)O)CC1. The summed E-state index contributed by atoms with van der Waals surface area (Å²) in [6.45, 7) is 0.329. The molecule has 0 aliphatic heterocycles. The highest BCUT2D eigenvalue weighted by Gasteiger charge is 2.18. The van der Waals surface area contributed by atoms with Crippen molar-refractivity contribution in [1.29, 1.82) is 0 Å². The number of nitrogens with two attached hydrogens (primary N) is 1. The summed E-state index contributed by atoms with van der Waals surface area (Å²) in [6.07, 6.45) is 4.28. The van der Waals surface area contributed by atoms with Crippen molar-refractivity contribution in [2.24, 2.45) is 5.73 Å². The van der Waals surface area contributed by atoms with Crippen LogP contribution in [0.1, 0.15) is 32.1 Å². The van der Waals surface area contributed by atoms with Gasteiger partial charge in [0.1, 0.15) is 0 Å². The minimum absolute atomic E-state index is 0.0998. The van der Waals surface area contributed by atoms with Crippen molar-refractivity contribution < 1.29 is 14.6 Å². The predicted molar refractivity (Wildman–Crippen MR) is 48.4 cm³/mol. The number of rotatable bonds is 4. The molecule has 0 bridgehead atoms. The zero-order valence-corrected chi connectivity index (χ0v) is 7.74. The third-order valence-electron chi connectivity index (χ3n) is 2.39. The Bertz CT molecular complexity index is 164. The van der Waals surface area contributed by atoms with Crippen LogP contribution in [-0.2, 0) is 9.53 Å². The Morgan fingerprint density at radius 1 is 1.38 bits per heavy atom. The average molecular weight is 187 g/mol. The van der Waals surface area contributed by atoms with Gasteiger partial charge in [-0.05, 0) is 25.7 Å². The Kier molecular flexibility index (Phi) is 4.18. The van der Waals surface area contributed by atoms with Gasteiger partial charge >= 0.3 is 5.97 Å². The van der Waals surface area contributed by atoms with Crippen LogP contribution in [-0.4, -0.2) is 29.8 Å². The fourth-order valence-electron chi connectivity index (χ4n) is 1.57. The topological polar surface area (TPSA) is 72.5 Å². The van der Waals surface area contributed by atoms with Crippen molar-refractivity contribution >= 4 is 5.97 Å². The lowest BCUT2D eigenvalue weighted by molar-refractivity contribution is -0.138. The van der Waals surface area contributed by atoms with Crippen LogP contribution in [0.15, 0.2) is 0 Å². The Morgan fingerprint density at radius 3 is 2.54 bits per heavy atom. The number of aliphatic carboxylic acids is 1. The molecule has 0 atom stereocenters. The first-order chi connectivity index (χ1) is 6.18. The van der Waals surface area contributed by atoms with Crippen LogP contribution in [0, 0.1) is 0 Å². The number of carbonyl (C=O) groups is 1. The van der Waals surface area contributed by atoms with E-state index < -0.39 is 5.97 Å². The first-order valence-corrected chi connectivity index (χ1v) is 4.77. The van der Waals surface area contributed by atoms with E-state index in [1.54, 1.807) is 0 Å². The summed E-state index contributed by atoms with van der Waals surface area (Å²) >= 11 is 0. The van der Waals surface area contributed by atoms with Crippen LogP contribution in [0.3, 0.4) is 0 Å². The number of carboxylic acids is 1. The molecular formula is C9H17NO3. The van der Waals surface area contributed by atoms with E-state index in [0.717, 1.165) is 25.7 Å². The molecule has 1 aliphatic carbocycles. The summed E-state index contributed by atoms with van der Waals surface area (Å²) in [5, 5.41) is 8.39. The summed E-state index contributed by atoms with van der Waals surface area (Å²) < 4.78 is 5.41. The van der Waals surface area contributed by atoms with Gasteiger partial charge < -0.3 is 15.6 Å². The normalized spacial score (nSPS) is 28.7. The maximum atomic E-state index is 10.2. The quantitative estimate of drug-likeness (QED) is 0.681. The van der Waals surface area contributed by atoms with Crippen LogP contribution in [0.2, 0.25) is 0 Å². The van der Waals surface area contributed by atoms with Gasteiger partial charge in [0, 0.05) is 6.04 Å². The highest BCUT2D eigenvalue weighted by atomic mass is 16.5. The summed E-state index contributed by atoms with van der Waals surface area (Å²) in [7, 11) is 0. The number of carboxylic acid groups (broad SMARTS) is 1. The van der Waals surface area contributed by atoms with Gasteiger partial charge in [0.25, 0.3) is 0 Å². The molecule has 0 amide bonds. The van der Waals surface area contributed by atoms with Crippen molar-refractivity contribution in [3.63, 3.8) is 0 Å². The van der Waals surface area contributed by atoms with E-state index in [1.165, 1.54) is 0 Å². The standard InChI is InChI=1S/C9H17NO3/c10-7-1-3-8(4-2-7)13-6-5-9(11)12/h7-8H,1-6,10H2,(H,11,12). The van der Waals surface area contributed by atoms with Crippen molar-refractivity contribution in [3.8, 4) is 0 Å². The molecule has 0 aromatic carbocycles. The monoisotopic (exact) mass is 187 g/mol.